The van der Waals surface area contributed by atoms with Gasteiger partial charge in [0.15, 0.2) is 46.5 Å². The monoisotopic (exact) mass is 2010 g/mol. The summed E-state index contributed by atoms with van der Waals surface area (Å²) in [5, 5.41) is 69.1. The molecule has 44 heteroatoms. The van der Waals surface area contributed by atoms with Gasteiger partial charge in [-0.25, -0.2) is 71.1 Å². The van der Waals surface area contributed by atoms with Crippen molar-refractivity contribution in [3.63, 3.8) is 0 Å². The molecule has 0 radical (unpaired) electrons. The summed E-state index contributed by atoms with van der Waals surface area (Å²) in [6.07, 6.45) is 0. The molecule has 688 valence electrons. The molecule has 0 aliphatic rings. The molecular formula is C84H92Cu4N24O12S4. The van der Waals surface area contributed by atoms with E-state index < -0.39 is 40.5 Å². The van der Waals surface area contributed by atoms with Crippen LogP contribution in [0.1, 0.15) is 113 Å². The fraction of sp³-hybridized carbons (Fsp3) is 0.238. The maximum Gasteiger partial charge on any atom is 1.00 e. The largest absolute Gasteiger partial charge is 1.00 e. The average molecular weight is 2010 g/mol. The van der Waals surface area contributed by atoms with Crippen LogP contribution in [0.5, 0.6) is 0 Å². The van der Waals surface area contributed by atoms with Gasteiger partial charge in [0.2, 0.25) is 0 Å². The van der Waals surface area contributed by atoms with Gasteiger partial charge in [0.05, 0.1) is 65.1 Å². The Morgan fingerprint density at radius 1 is 0.180 bits per heavy atom. The van der Waals surface area contributed by atoms with Gasteiger partial charge in [-0.05, 0) is 284 Å². The van der Waals surface area contributed by atoms with Crippen molar-refractivity contribution in [3.8, 4) is 46.5 Å². The molecule has 0 aliphatic carbocycles. The second-order valence-corrected chi connectivity index (χ2v) is 34.3. The van der Waals surface area contributed by atoms with Crippen LogP contribution in [0.3, 0.4) is 0 Å². The minimum absolute atomic E-state index is 0. The summed E-state index contributed by atoms with van der Waals surface area (Å²) in [5.41, 5.74) is 19.7. The Bertz CT molecular complexity index is 5750. The first-order chi connectivity index (χ1) is 58.2. The minimum atomic E-state index is -4.27. The molecule has 0 saturated carbocycles. The van der Waals surface area contributed by atoms with Crippen LogP contribution in [-0.4, -0.2) is 171 Å². The summed E-state index contributed by atoms with van der Waals surface area (Å²) in [4.78, 5) is -0.711. The first-order valence-electron chi connectivity index (χ1n) is 37.9. The first-order valence-corrected chi connectivity index (χ1v) is 43.6. The molecular weight excluding hydrogens is 1920 g/mol. The Morgan fingerprint density at radius 2 is 0.281 bits per heavy atom. The van der Waals surface area contributed by atoms with E-state index in [1.807, 2.05) is 236 Å². The Balaban J connectivity index is 0.000000262. The van der Waals surface area contributed by atoms with Crippen molar-refractivity contribution in [2.75, 3.05) is 0 Å². The van der Waals surface area contributed by atoms with E-state index in [0.29, 0.717) is 46.5 Å². The van der Waals surface area contributed by atoms with Crippen molar-refractivity contribution in [2.24, 2.45) is 0 Å². The predicted molar refractivity (Wildman–Crippen MR) is 457 cm³/mol. The number of aryl methyl sites for hydroxylation is 20. The topological polar surface area (TPSA) is 474 Å². The predicted octanol–water partition coefficient (Wildman–Crippen LogP) is 11.9. The van der Waals surface area contributed by atoms with E-state index >= 15 is 0 Å². The summed E-state index contributed by atoms with van der Waals surface area (Å²) >= 11 is 0. The fourth-order valence-corrected chi connectivity index (χ4v) is 13.8. The number of benzene rings is 4. The van der Waals surface area contributed by atoms with Gasteiger partial charge in [-0.2, -0.15) is 40.8 Å². The van der Waals surface area contributed by atoms with Crippen LogP contribution < -0.4 is 0 Å². The molecule has 0 amide bonds. The van der Waals surface area contributed by atoms with Gasteiger partial charge in [0, 0.05) is 45.6 Å². The molecule has 0 unspecified atom stereocenters. The van der Waals surface area contributed by atoms with Gasteiger partial charge >= 0.3 is 68.3 Å². The molecule has 0 saturated heterocycles. The Kier molecular flexibility index (Phi) is 39.0. The molecule has 12 heterocycles. The standard InChI is InChI=1S/4C14H16N6.4C7H8O3S.4Cu/c4*1-9-7-11(3)19(17-9)13-5-6-14(16-15-13)20-12(4)8-10(2)18-20;4*1-6-2-4-7(5-3-6)11(8,9)10;;;;/h4*5-8H,1-4H3;4*2-5H,1H3,(H,8,9,10);;;;/q;;;;;;;;4*+1/p-4. The third-order valence-electron chi connectivity index (χ3n) is 17.6. The van der Waals surface area contributed by atoms with E-state index in [4.69, 9.17) is 0 Å². The molecule has 128 heavy (non-hydrogen) atoms. The minimum Gasteiger partial charge on any atom is -0.744 e. The second kappa shape index (κ2) is 46.5. The van der Waals surface area contributed by atoms with Crippen LogP contribution in [0, 0.1) is 138 Å². The van der Waals surface area contributed by atoms with Crippen molar-refractivity contribution >= 4 is 40.5 Å². The van der Waals surface area contributed by atoms with Gasteiger partial charge in [-0.15, -0.1) is 40.8 Å². The van der Waals surface area contributed by atoms with E-state index in [1.165, 1.54) is 48.5 Å². The third-order valence-corrected chi connectivity index (χ3v) is 21.0. The molecule has 0 spiro atoms. The molecule has 12 aromatic heterocycles. The average Bonchev–Trinajstić information content (AvgIpc) is 1.69. The van der Waals surface area contributed by atoms with Crippen LogP contribution in [0.25, 0.3) is 46.5 Å². The zero-order valence-corrected chi connectivity index (χ0v) is 80.0. The van der Waals surface area contributed by atoms with E-state index in [0.717, 1.165) is 113 Å². The Labute approximate surface area is 785 Å². The normalized spacial score (nSPS) is 10.8. The van der Waals surface area contributed by atoms with Crippen molar-refractivity contribution in [3.05, 3.63) is 307 Å². The first kappa shape index (κ1) is 107. The van der Waals surface area contributed by atoms with E-state index in [9.17, 15) is 51.9 Å². The van der Waals surface area contributed by atoms with Gasteiger partial charge in [0.25, 0.3) is 0 Å². The van der Waals surface area contributed by atoms with Gasteiger partial charge in [0.1, 0.15) is 40.5 Å². The van der Waals surface area contributed by atoms with Crippen LogP contribution in [0.4, 0.5) is 0 Å². The fourth-order valence-electron chi connectivity index (χ4n) is 11.9. The van der Waals surface area contributed by atoms with Crippen molar-refractivity contribution in [1.29, 1.82) is 0 Å². The van der Waals surface area contributed by atoms with E-state index in [-0.39, 0.29) is 87.9 Å². The molecule has 4 aromatic carbocycles. The van der Waals surface area contributed by atoms with Crippen LogP contribution >= 0.6 is 0 Å². The van der Waals surface area contributed by atoms with Crippen LogP contribution in [0.2, 0.25) is 0 Å². The number of aromatic nitrogens is 24. The van der Waals surface area contributed by atoms with Crippen molar-refractivity contribution in [1.82, 2.24) is 119 Å². The zero-order chi connectivity index (χ0) is 91.0. The summed E-state index contributed by atoms with van der Waals surface area (Å²) in [6.45, 7) is 38.9. The molecule has 0 bridgehead atoms. The van der Waals surface area contributed by atoms with Gasteiger partial charge in [-0.3, -0.25) is 0 Å². The maximum atomic E-state index is 10.4. The quantitative estimate of drug-likeness (QED) is 0.0809. The number of rotatable bonds is 12. The summed E-state index contributed by atoms with van der Waals surface area (Å²) in [7, 11) is -17.1. The van der Waals surface area contributed by atoms with Crippen LogP contribution in [-0.2, 0) is 109 Å². The maximum absolute atomic E-state index is 10.4. The Morgan fingerprint density at radius 3 is 0.352 bits per heavy atom. The van der Waals surface area contributed by atoms with Crippen molar-refractivity contribution < 1.29 is 120 Å². The van der Waals surface area contributed by atoms with Gasteiger partial charge < -0.3 is 18.2 Å². The van der Waals surface area contributed by atoms with Gasteiger partial charge in [-0.1, -0.05) is 70.8 Å². The number of hydrogen-bond donors (Lipinski definition) is 0. The second-order valence-electron chi connectivity index (χ2n) is 28.8. The van der Waals surface area contributed by atoms with Crippen molar-refractivity contribution in [2.45, 2.75) is 158 Å². The zero-order valence-electron chi connectivity index (χ0n) is 72.9. The number of hydrogen-bond acceptors (Lipinski definition) is 28. The molecule has 0 atom stereocenters. The molecule has 36 nitrogen and oxygen atoms in total. The third kappa shape index (κ3) is 30.4. The number of nitrogens with zero attached hydrogens (tertiary/aromatic N) is 24. The SMILES string of the molecule is Cc1cc(C)n(-c2ccc(-n3nc(C)cc3C)nn2)n1.Cc1cc(C)n(-c2ccc(-n3nc(C)cc3C)nn2)n1.Cc1cc(C)n(-c2ccc(-n3nc(C)cc3C)nn2)n1.Cc1cc(C)n(-c2ccc(-n3nc(C)cc3C)nn2)n1.Cc1ccc(S(=O)(=O)[O-])cc1.Cc1ccc(S(=O)(=O)[O-])cc1.Cc1ccc(S(=O)(=O)[O-])cc1.Cc1ccc(S(=O)(=O)[O-])cc1.[Cu+].[Cu+].[Cu+].[Cu+]. The molecule has 0 N–H and O–H groups in total. The molecule has 16 rings (SSSR count). The van der Waals surface area contributed by atoms with Crippen LogP contribution in [0.15, 0.2) is 214 Å². The Hall–Kier alpha value is -11.4. The molecule has 16 aromatic rings. The van der Waals surface area contributed by atoms with E-state index in [1.54, 1.807) is 86.0 Å². The molecule has 0 aliphatic heterocycles. The summed E-state index contributed by atoms with van der Waals surface area (Å²) in [6, 6.07) is 54.4. The van der Waals surface area contributed by atoms with E-state index in [2.05, 4.69) is 81.6 Å². The summed E-state index contributed by atoms with van der Waals surface area (Å²) < 4.78 is 139. The summed E-state index contributed by atoms with van der Waals surface area (Å²) in [5.74, 6) is 5.67. The smallest absolute Gasteiger partial charge is 0.744 e. The molecule has 0 fully saturated rings.